The van der Waals surface area contributed by atoms with Gasteiger partial charge in [0, 0.05) is 5.56 Å². The van der Waals surface area contributed by atoms with Crippen LogP contribution >= 0.6 is 0 Å². The predicted molar refractivity (Wildman–Crippen MR) is 68.0 cm³/mol. The van der Waals surface area contributed by atoms with Crippen molar-refractivity contribution in [2.45, 2.75) is 6.61 Å². The topological polar surface area (TPSA) is 43.4 Å². The van der Waals surface area contributed by atoms with E-state index in [1.54, 1.807) is 18.2 Å². The average molecular weight is 240 g/mol. The van der Waals surface area contributed by atoms with Gasteiger partial charge < -0.3 is 4.74 Å². The summed E-state index contributed by atoms with van der Waals surface area (Å²) in [7, 11) is 0. The van der Waals surface area contributed by atoms with Crippen LogP contribution in [0.4, 0.5) is 0 Å². The van der Waals surface area contributed by atoms with Crippen LogP contribution in [0.5, 0.6) is 5.75 Å². The largest absolute Gasteiger partial charge is 0.488 e. The smallest absolute Gasteiger partial charge is 0.153 e. The summed E-state index contributed by atoms with van der Waals surface area (Å²) in [5, 5.41) is 0. The van der Waals surface area contributed by atoms with Gasteiger partial charge in [0.1, 0.15) is 18.6 Å². The van der Waals surface area contributed by atoms with Crippen molar-refractivity contribution in [1.82, 2.24) is 0 Å². The zero-order chi connectivity index (χ0) is 12.8. The summed E-state index contributed by atoms with van der Waals surface area (Å²) in [4.78, 5) is 21.6. The molecule has 0 saturated heterocycles. The Morgan fingerprint density at radius 2 is 1.72 bits per heavy atom. The first-order valence-corrected chi connectivity index (χ1v) is 5.54. The normalized spacial score (nSPS) is 9.78. The second-order valence-corrected chi connectivity index (χ2v) is 3.81. The molecule has 0 amide bonds. The van der Waals surface area contributed by atoms with Crippen molar-refractivity contribution in [3.63, 3.8) is 0 Å². The summed E-state index contributed by atoms with van der Waals surface area (Å²) in [5.41, 5.74) is 1.94. The van der Waals surface area contributed by atoms with Crippen molar-refractivity contribution in [3.8, 4) is 5.75 Å². The quantitative estimate of drug-likeness (QED) is 0.755. The number of aldehydes is 2. The third-order valence-electron chi connectivity index (χ3n) is 2.54. The molecule has 0 aliphatic heterocycles. The molecular formula is C15H12O3. The third-order valence-corrected chi connectivity index (χ3v) is 2.54. The number of benzene rings is 2. The Morgan fingerprint density at radius 1 is 0.944 bits per heavy atom. The molecule has 2 aromatic rings. The average Bonchev–Trinajstić information content (AvgIpc) is 2.45. The first-order valence-electron chi connectivity index (χ1n) is 5.54. The van der Waals surface area contributed by atoms with Crippen LogP contribution in [-0.4, -0.2) is 12.6 Å². The summed E-state index contributed by atoms with van der Waals surface area (Å²) in [6.07, 6.45) is 1.44. The van der Waals surface area contributed by atoms with Crippen LogP contribution in [0.2, 0.25) is 0 Å². The van der Waals surface area contributed by atoms with Gasteiger partial charge in [0.2, 0.25) is 0 Å². The zero-order valence-electron chi connectivity index (χ0n) is 9.71. The van der Waals surface area contributed by atoms with Crippen LogP contribution in [0, 0.1) is 0 Å². The van der Waals surface area contributed by atoms with Crippen LogP contribution in [0.1, 0.15) is 26.3 Å². The van der Waals surface area contributed by atoms with Crippen molar-refractivity contribution in [2.75, 3.05) is 0 Å². The third kappa shape index (κ3) is 2.83. The van der Waals surface area contributed by atoms with Crippen LogP contribution in [-0.2, 0) is 6.61 Å². The van der Waals surface area contributed by atoms with Gasteiger partial charge in [0.25, 0.3) is 0 Å². The van der Waals surface area contributed by atoms with Gasteiger partial charge in [0.05, 0.1) is 5.56 Å². The molecule has 2 rings (SSSR count). The van der Waals surface area contributed by atoms with E-state index in [4.69, 9.17) is 4.74 Å². The van der Waals surface area contributed by atoms with Crippen LogP contribution in [0.25, 0.3) is 0 Å². The molecular weight excluding hydrogens is 228 g/mol. The monoisotopic (exact) mass is 240 g/mol. The van der Waals surface area contributed by atoms with Gasteiger partial charge in [-0.25, -0.2) is 0 Å². The van der Waals surface area contributed by atoms with Gasteiger partial charge in [0.15, 0.2) is 6.29 Å². The Balaban J connectivity index is 2.17. The Hall–Kier alpha value is -2.42. The van der Waals surface area contributed by atoms with Gasteiger partial charge in [-0.1, -0.05) is 36.4 Å². The fourth-order valence-corrected chi connectivity index (χ4v) is 1.58. The van der Waals surface area contributed by atoms with E-state index in [9.17, 15) is 9.59 Å². The molecule has 0 radical (unpaired) electrons. The van der Waals surface area contributed by atoms with E-state index in [1.165, 1.54) is 0 Å². The molecule has 0 aromatic heterocycles. The van der Waals surface area contributed by atoms with E-state index in [2.05, 4.69) is 0 Å². The number of hydrogen-bond acceptors (Lipinski definition) is 3. The molecule has 3 heteroatoms. The SMILES string of the molecule is O=Cc1ccc(C=O)c(OCc2ccccc2)c1. The van der Waals surface area contributed by atoms with Crippen LogP contribution in [0.15, 0.2) is 48.5 Å². The molecule has 0 fully saturated rings. The first-order chi connectivity index (χ1) is 8.83. The highest BCUT2D eigenvalue weighted by molar-refractivity contribution is 5.83. The van der Waals surface area contributed by atoms with Gasteiger partial charge in [-0.05, 0) is 17.7 Å². The highest BCUT2D eigenvalue weighted by Gasteiger charge is 2.04. The lowest BCUT2D eigenvalue weighted by molar-refractivity contribution is 0.110. The lowest BCUT2D eigenvalue weighted by atomic mass is 10.1. The lowest BCUT2D eigenvalue weighted by Crippen LogP contribution is -1.99. The maximum absolute atomic E-state index is 10.9. The Bertz CT molecular complexity index is 547. The molecule has 0 bridgehead atoms. The maximum atomic E-state index is 10.9. The van der Waals surface area contributed by atoms with Gasteiger partial charge >= 0.3 is 0 Å². The van der Waals surface area contributed by atoms with Gasteiger partial charge in [-0.15, -0.1) is 0 Å². The van der Waals surface area contributed by atoms with Crippen molar-refractivity contribution in [3.05, 3.63) is 65.2 Å². The fraction of sp³-hybridized carbons (Fsp3) is 0.0667. The van der Waals surface area contributed by atoms with Crippen molar-refractivity contribution in [2.24, 2.45) is 0 Å². The summed E-state index contributed by atoms with van der Waals surface area (Å²) >= 11 is 0. The zero-order valence-corrected chi connectivity index (χ0v) is 9.71. The minimum atomic E-state index is 0.365. The standard InChI is InChI=1S/C15H12O3/c16-9-13-6-7-14(10-17)15(8-13)18-11-12-4-2-1-3-5-12/h1-10H,11H2. The molecule has 0 N–H and O–H groups in total. The summed E-state index contributed by atoms with van der Waals surface area (Å²) < 4.78 is 5.57. The highest BCUT2D eigenvalue weighted by Crippen LogP contribution is 2.19. The summed E-state index contributed by atoms with van der Waals surface area (Å²) in [5.74, 6) is 0.429. The molecule has 0 aliphatic rings. The van der Waals surface area contributed by atoms with Crippen LogP contribution in [0.3, 0.4) is 0 Å². The first kappa shape index (κ1) is 12.0. The van der Waals surface area contributed by atoms with Crippen molar-refractivity contribution >= 4 is 12.6 Å². The minimum Gasteiger partial charge on any atom is -0.488 e. The molecule has 0 saturated carbocycles. The molecule has 2 aromatic carbocycles. The number of ether oxygens (including phenoxy) is 1. The highest BCUT2D eigenvalue weighted by atomic mass is 16.5. The number of carbonyl (C=O) groups is 2. The van der Waals surface area contributed by atoms with Crippen molar-refractivity contribution in [1.29, 1.82) is 0 Å². The van der Waals surface area contributed by atoms with E-state index < -0.39 is 0 Å². The minimum absolute atomic E-state index is 0.365. The van der Waals surface area contributed by atoms with Gasteiger partial charge in [-0.2, -0.15) is 0 Å². The van der Waals surface area contributed by atoms with E-state index in [0.717, 1.165) is 18.1 Å². The molecule has 0 unspecified atom stereocenters. The summed E-state index contributed by atoms with van der Waals surface area (Å²) in [6, 6.07) is 14.4. The van der Waals surface area contributed by atoms with Crippen molar-refractivity contribution < 1.29 is 14.3 Å². The van der Waals surface area contributed by atoms with E-state index in [1.807, 2.05) is 30.3 Å². The lowest BCUT2D eigenvalue weighted by Gasteiger charge is -2.08. The number of hydrogen-bond donors (Lipinski definition) is 0. The summed E-state index contributed by atoms with van der Waals surface area (Å²) in [6.45, 7) is 0.365. The maximum Gasteiger partial charge on any atom is 0.153 e. The molecule has 90 valence electrons. The molecule has 18 heavy (non-hydrogen) atoms. The molecule has 0 spiro atoms. The fourth-order valence-electron chi connectivity index (χ4n) is 1.58. The van der Waals surface area contributed by atoms with Gasteiger partial charge in [-0.3, -0.25) is 9.59 Å². The van der Waals surface area contributed by atoms with E-state index >= 15 is 0 Å². The second kappa shape index (κ2) is 5.77. The molecule has 0 aliphatic carbocycles. The van der Waals surface area contributed by atoms with E-state index in [0.29, 0.717) is 23.5 Å². The number of rotatable bonds is 5. The Kier molecular flexibility index (Phi) is 3.86. The predicted octanol–water partition coefficient (Wildman–Crippen LogP) is 2.89. The Morgan fingerprint density at radius 3 is 2.39 bits per heavy atom. The molecule has 0 heterocycles. The number of carbonyl (C=O) groups excluding carboxylic acids is 2. The second-order valence-electron chi connectivity index (χ2n) is 3.81. The van der Waals surface area contributed by atoms with Crippen LogP contribution < -0.4 is 4.74 Å². The molecule has 3 nitrogen and oxygen atoms in total. The van der Waals surface area contributed by atoms with E-state index in [-0.39, 0.29) is 0 Å². The Labute approximate surface area is 105 Å². The molecule has 0 atom stereocenters.